The maximum atomic E-state index is 9.13. The number of benzene rings is 2. The van der Waals surface area contributed by atoms with Crippen LogP contribution in [0.25, 0.3) is 16.3 Å². The van der Waals surface area contributed by atoms with Crippen molar-refractivity contribution in [2.24, 2.45) is 0 Å². The van der Waals surface area contributed by atoms with Crippen molar-refractivity contribution >= 4 is 23.1 Å². The molecule has 0 radical (unpaired) electrons. The Bertz CT molecular complexity index is 1060. The number of hydrogen-bond donors (Lipinski definition) is 2. The number of fused-ring (bicyclic) bond motifs is 1. The average molecular weight is 561 g/mol. The average Bonchev–Trinajstić information content (AvgIpc) is 3.01. The zero-order chi connectivity index (χ0) is 31.1. The number of carbonyl (C=O) groups is 1. The van der Waals surface area contributed by atoms with Gasteiger partial charge in [-0.1, -0.05) is 111 Å². The predicted molar refractivity (Wildman–Crippen MR) is 183 cm³/mol. The monoisotopic (exact) mass is 560 g/mol. The highest BCUT2D eigenvalue weighted by molar-refractivity contribution is 5.88. The first-order valence-corrected chi connectivity index (χ1v) is 14.9. The largest absolute Gasteiger partial charge is 0.400 e. The molecule has 0 bridgehead atoms. The van der Waals surface area contributed by atoms with Crippen molar-refractivity contribution in [2.75, 3.05) is 13.7 Å². The molecule has 3 nitrogen and oxygen atoms in total. The van der Waals surface area contributed by atoms with Crippen LogP contribution in [0.15, 0.2) is 104 Å². The number of hydrogen-bond acceptors (Lipinski definition) is 3. The second-order valence-electron chi connectivity index (χ2n) is 9.54. The van der Waals surface area contributed by atoms with Gasteiger partial charge in [0.15, 0.2) is 0 Å². The van der Waals surface area contributed by atoms with Crippen LogP contribution in [0.4, 0.5) is 0 Å². The maximum Gasteiger partial charge on any atom is 0.106 e. The lowest BCUT2D eigenvalue weighted by molar-refractivity contribution is -0.0980. The fraction of sp³-hybridized carbons (Fsp3) is 0.395. The molecule has 0 saturated heterocycles. The van der Waals surface area contributed by atoms with E-state index in [1.54, 1.807) is 0 Å². The van der Waals surface area contributed by atoms with Crippen molar-refractivity contribution in [1.29, 1.82) is 0 Å². The molecule has 0 aliphatic rings. The molecule has 2 N–H and O–H groups in total. The molecule has 41 heavy (non-hydrogen) atoms. The third-order valence-electron chi connectivity index (χ3n) is 5.94. The molecule has 0 saturated carbocycles. The lowest BCUT2D eigenvalue weighted by Gasteiger charge is -2.07. The summed E-state index contributed by atoms with van der Waals surface area (Å²) in [7, 11) is 1.00. The highest BCUT2D eigenvalue weighted by atomic mass is 16.3. The number of allylic oxidation sites excluding steroid dienone is 9. The van der Waals surface area contributed by atoms with Crippen molar-refractivity contribution in [1.82, 2.24) is 0 Å². The van der Waals surface area contributed by atoms with E-state index >= 15 is 0 Å². The van der Waals surface area contributed by atoms with E-state index in [4.69, 9.17) is 15.0 Å². The fourth-order valence-electron chi connectivity index (χ4n) is 3.87. The van der Waals surface area contributed by atoms with Crippen LogP contribution in [-0.4, -0.2) is 30.7 Å². The van der Waals surface area contributed by atoms with Crippen LogP contribution >= 0.6 is 0 Å². The third-order valence-corrected chi connectivity index (χ3v) is 5.94. The van der Waals surface area contributed by atoms with Crippen LogP contribution in [0.2, 0.25) is 0 Å². The number of unbranched alkanes of at least 4 members (excludes halogenated alkanes) is 4. The van der Waals surface area contributed by atoms with Crippen molar-refractivity contribution < 1.29 is 15.0 Å². The van der Waals surface area contributed by atoms with E-state index in [0.29, 0.717) is 0 Å². The van der Waals surface area contributed by atoms with E-state index in [2.05, 4.69) is 113 Å². The molecule has 0 amide bonds. The minimum Gasteiger partial charge on any atom is -0.400 e. The molecule has 0 unspecified atom stereocenters. The molecule has 3 heteroatoms. The standard InChI is InChI=1S/C33H42O.C3H8.CH4O.CH2O/c1-4-6-8-9-10-11-15-19-30(20-16-12-14-17-28(3)27-34)32-24-23-31-25-29(18-13-7-5-2)21-22-33(31)26-32;1-3-2;2*1-2/h4-5,7,11,15-16,19-26,34H,1,3,6,8-10,12-14,17-18,27H2,2H3;3H2,1-2H3;2H,1H3;1H2/b7-5+,15-11+,20-16-,30-19+;;;. The number of aliphatic hydroxyl groups is 2. The Balaban J connectivity index is 0. The summed E-state index contributed by atoms with van der Waals surface area (Å²) in [6.07, 6.45) is 28.3. The highest BCUT2D eigenvalue weighted by Gasteiger charge is 2.02. The van der Waals surface area contributed by atoms with Crippen LogP contribution in [0.5, 0.6) is 0 Å². The smallest absolute Gasteiger partial charge is 0.106 e. The molecule has 0 atom stereocenters. The van der Waals surface area contributed by atoms with Crippen LogP contribution in [-0.2, 0) is 11.2 Å². The summed E-state index contributed by atoms with van der Waals surface area (Å²) in [6, 6.07) is 13.6. The van der Waals surface area contributed by atoms with Gasteiger partial charge >= 0.3 is 0 Å². The highest BCUT2D eigenvalue weighted by Crippen LogP contribution is 2.24. The Morgan fingerprint density at radius 3 is 2.15 bits per heavy atom. The van der Waals surface area contributed by atoms with Crippen LogP contribution in [0, 0.1) is 0 Å². The molecule has 0 aliphatic heterocycles. The first-order chi connectivity index (χ1) is 20.1. The zero-order valence-corrected chi connectivity index (χ0v) is 26.3. The van der Waals surface area contributed by atoms with Gasteiger partial charge in [0.2, 0.25) is 0 Å². The predicted octanol–water partition coefficient (Wildman–Crippen LogP) is 10.1. The first kappa shape index (κ1) is 39.9. The van der Waals surface area contributed by atoms with Gasteiger partial charge in [0.1, 0.15) is 6.79 Å². The first-order valence-electron chi connectivity index (χ1n) is 14.9. The van der Waals surface area contributed by atoms with Crippen molar-refractivity contribution in [3.63, 3.8) is 0 Å². The van der Waals surface area contributed by atoms with E-state index in [9.17, 15) is 0 Å². The molecule has 2 aromatic carbocycles. The zero-order valence-electron chi connectivity index (χ0n) is 26.3. The van der Waals surface area contributed by atoms with Gasteiger partial charge in [0.25, 0.3) is 0 Å². The summed E-state index contributed by atoms with van der Waals surface area (Å²) in [5.41, 5.74) is 4.75. The van der Waals surface area contributed by atoms with Crippen LogP contribution < -0.4 is 0 Å². The second kappa shape index (κ2) is 29.7. The van der Waals surface area contributed by atoms with Crippen LogP contribution in [0.3, 0.4) is 0 Å². The van der Waals surface area contributed by atoms with Gasteiger partial charge in [-0.05, 0) is 98.2 Å². The Morgan fingerprint density at radius 1 is 0.854 bits per heavy atom. The van der Waals surface area contributed by atoms with Gasteiger partial charge in [-0.3, -0.25) is 0 Å². The van der Waals surface area contributed by atoms with Crippen molar-refractivity contribution in [3.05, 3.63) is 115 Å². The summed E-state index contributed by atoms with van der Waals surface area (Å²) < 4.78 is 0. The third kappa shape index (κ3) is 20.3. The number of aryl methyl sites for hydroxylation is 1. The van der Waals surface area contributed by atoms with Crippen LogP contribution in [0.1, 0.15) is 89.7 Å². The van der Waals surface area contributed by atoms with E-state index in [0.717, 1.165) is 57.6 Å². The molecule has 0 aliphatic carbocycles. The van der Waals surface area contributed by atoms with Gasteiger partial charge in [-0.2, -0.15) is 0 Å². The Kier molecular flexibility index (Phi) is 28.9. The minimum atomic E-state index is 0.0839. The Hall–Kier alpha value is -3.27. The summed E-state index contributed by atoms with van der Waals surface area (Å²) in [4.78, 5) is 8.00. The molecular formula is C38H56O3. The molecule has 0 heterocycles. The summed E-state index contributed by atoms with van der Waals surface area (Å²) in [5, 5.41) is 18.7. The lowest BCUT2D eigenvalue weighted by atomic mass is 9.98. The Morgan fingerprint density at radius 2 is 1.49 bits per heavy atom. The number of aliphatic hydroxyl groups excluding tert-OH is 2. The topological polar surface area (TPSA) is 57.5 Å². The van der Waals surface area contributed by atoms with Crippen molar-refractivity contribution in [2.45, 2.75) is 85.0 Å². The van der Waals surface area contributed by atoms with E-state index in [1.165, 1.54) is 46.7 Å². The summed E-state index contributed by atoms with van der Waals surface area (Å²) in [6.45, 7) is 16.1. The molecule has 0 aromatic heterocycles. The quantitative estimate of drug-likeness (QED) is 0.122. The normalized spacial score (nSPS) is 11.0. The molecule has 226 valence electrons. The van der Waals surface area contributed by atoms with E-state index in [1.807, 2.05) is 12.9 Å². The maximum absolute atomic E-state index is 9.13. The molecule has 0 spiro atoms. The van der Waals surface area contributed by atoms with Gasteiger partial charge in [0.05, 0.1) is 6.61 Å². The summed E-state index contributed by atoms with van der Waals surface area (Å²) >= 11 is 0. The molecule has 0 fully saturated rings. The Labute approximate surface area is 251 Å². The lowest BCUT2D eigenvalue weighted by Crippen LogP contribution is -1.88. The summed E-state index contributed by atoms with van der Waals surface area (Å²) in [5.74, 6) is 0. The van der Waals surface area contributed by atoms with Gasteiger partial charge < -0.3 is 15.0 Å². The van der Waals surface area contributed by atoms with Crippen molar-refractivity contribution in [3.8, 4) is 0 Å². The van der Waals surface area contributed by atoms with E-state index < -0.39 is 0 Å². The molecular weight excluding hydrogens is 504 g/mol. The van der Waals surface area contributed by atoms with Gasteiger partial charge in [-0.25, -0.2) is 0 Å². The second-order valence-corrected chi connectivity index (χ2v) is 9.54. The van der Waals surface area contributed by atoms with Gasteiger partial charge in [-0.15, -0.1) is 6.58 Å². The van der Waals surface area contributed by atoms with Gasteiger partial charge in [0, 0.05) is 7.11 Å². The number of rotatable bonds is 16. The SMILES string of the molecule is C=CCCCC/C=C/C=C(\C=C/CCCC(=C)CO)c1ccc2cc(CC/C=C/C)ccc2c1.C=O.CCC.CO. The fourth-order valence-corrected chi connectivity index (χ4v) is 3.87. The molecule has 2 rings (SSSR count). The number of carbonyl (C=O) groups excluding carboxylic acids is 1. The minimum absolute atomic E-state index is 0.0839. The van der Waals surface area contributed by atoms with E-state index in [-0.39, 0.29) is 6.61 Å². The molecule has 2 aromatic rings.